The fraction of sp³-hybridized carbons (Fsp3) is 0.267. The molecule has 0 aliphatic heterocycles. The van der Waals surface area contributed by atoms with Crippen molar-refractivity contribution in [2.75, 3.05) is 11.9 Å². The third-order valence-corrected chi connectivity index (χ3v) is 3.92. The zero-order valence-electron chi connectivity index (χ0n) is 10.8. The Bertz CT molecular complexity index is 511. The van der Waals surface area contributed by atoms with Crippen LogP contribution in [0.15, 0.2) is 47.5 Å². The molecule has 0 fully saturated rings. The second kappa shape index (κ2) is 6.45. The SMILES string of the molecule is CCNc1cc(CSc2ccccc2C)ccn1. The summed E-state index contributed by atoms with van der Waals surface area (Å²) < 4.78 is 0. The molecule has 2 aromatic rings. The summed E-state index contributed by atoms with van der Waals surface area (Å²) in [5, 5.41) is 3.24. The van der Waals surface area contributed by atoms with Gasteiger partial charge < -0.3 is 5.32 Å². The van der Waals surface area contributed by atoms with E-state index in [9.17, 15) is 0 Å². The number of anilines is 1. The van der Waals surface area contributed by atoms with Gasteiger partial charge in [-0.3, -0.25) is 0 Å². The van der Waals surface area contributed by atoms with E-state index in [1.807, 2.05) is 18.0 Å². The number of hydrogen-bond donors (Lipinski definition) is 1. The molecule has 0 bridgehead atoms. The molecule has 1 aromatic heterocycles. The van der Waals surface area contributed by atoms with Crippen LogP contribution in [0.5, 0.6) is 0 Å². The normalized spacial score (nSPS) is 10.3. The molecule has 1 N–H and O–H groups in total. The first-order valence-corrected chi connectivity index (χ1v) is 7.15. The Morgan fingerprint density at radius 1 is 1.22 bits per heavy atom. The second-order valence-corrected chi connectivity index (χ2v) is 5.15. The molecule has 0 saturated heterocycles. The lowest BCUT2D eigenvalue weighted by atomic mass is 10.2. The summed E-state index contributed by atoms with van der Waals surface area (Å²) in [6, 6.07) is 12.7. The number of aryl methyl sites for hydroxylation is 1. The Morgan fingerprint density at radius 2 is 2.06 bits per heavy atom. The molecule has 0 saturated carbocycles. The van der Waals surface area contributed by atoms with E-state index in [0.29, 0.717) is 0 Å². The smallest absolute Gasteiger partial charge is 0.126 e. The maximum atomic E-state index is 4.28. The predicted octanol–water partition coefficient (Wildman–Crippen LogP) is 4.11. The van der Waals surface area contributed by atoms with Gasteiger partial charge in [0.25, 0.3) is 0 Å². The van der Waals surface area contributed by atoms with Gasteiger partial charge in [-0.05, 0) is 43.2 Å². The molecule has 94 valence electrons. The topological polar surface area (TPSA) is 24.9 Å². The van der Waals surface area contributed by atoms with Crippen molar-refractivity contribution in [1.29, 1.82) is 0 Å². The van der Waals surface area contributed by atoms with Crippen LogP contribution in [0, 0.1) is 6.92 Å². The van der Waals surface area contributed by atoms with Crippen molar-refractivity contribution in [1.82, 2.24) is 4.98 Å². The molecule has 2 rings (SSSR count). The zero-order chi connectivity index (χ0) is 12.8. The van der Waals surface area contributed by atoms with E-state index >= 15 is 0 Å². The van der Waals surface area contributed by atoms with Gasteiger partial charge >= 0.3 is 0 Å². The molecule has 0 atom stereocenters. The fourth-order valence-corrected chi connectivity index (χ4v) is 2.69. The second-order valence-electron chi connectivity index (χ2n) is 4.13. The molecule has 0 spiro atoms. The van der Waals surface area contributed by atoms with Gasteiger partial charge in [0.2, 0.25) is 0 Å². The molecule has 3 heteroatoms. The minimum atomic E-state index is 0.904. The van der Waals surface area contributed by atoms with Gasteiger partial charge in [0.05, 0.1) is 0 Å². The molecule has 0 aliphatic carbocycles. The zero-order valence-corrected chi connectivity index (χ0v) is 11.6. The van der Waals surface area contributed by atoms with Gasteiger partial charge in [0.1, 0.15) is 5.82 Å². The number of benzene rings is 1. The minimum absolute atomic E-state index is 0.904. The average molecular weight is 258 g/mol. The van der Waals surface area contributed by atoms with Crippen LogP contribution in [0.3, 0.4) is 0 Å². The van der Waals surface area contributed by atoms with E-state index in [4.69, 9.17) is 0 Å². The van der Waals surface area contributed by atoms with Gasteiger partial charge in [-0.15, -0.1) is 11.8 Å². The maximum Gasteiger partial charge on any atom is 0.126 e. The largest absolute Gasteiger partial charge is 0.370 e. The first-order chi connectivity index (χ1) is 8.79. The molecule has 18 heavy (non-hydrogen) atoms. The molecule has 1 aromatic carbocycles. The fourth-order valence-electron chi connectivity index (χ4n) is 1.72. The monoisotopic (exact) mass is 258 g/mol. The Balaban J connectivity index is 2.02. The third kappa shape index (κ3) is 3.50. The standard InChI is InChI=1S/C15H18N2S/c1-3-16-15-10-13(8-9-17-15)11-18-14-7-5-4-6-12(14)2/h4-10H,3,11H2,1-2H3,(H,16,17). The van der Waals surface area contributed by atoms with E-state index in [2.05, 4.69) is 60.5 Å². The summed E-state index contributed by atoms with van der Waals surface area (Å²) in [5.74, 6) is 1.94. The Morgan fingerprint density at radius 3 is 2.83 bits per heavy atom. The van der Waals surface area contributed by atoms with E-state index in [1.165, 1.54) is 16.0 Å². The van der Waals surface area contributed by atoms with Crippen LogP contribution >= 0.6 is 11.8 Å². The van der Waals surface area contributed by atoms with Crippen molar-refractivity contribution >= 4 is 17.6 Å². The summed E-state index contributed by atoms with van der Waals surface area (Å²) in [6.45, 7) is 5.14. The summed E-state index contributed by atoms with van der Waals surface area (Å²) in [6.07, 6.45) is 1.87. The highest BCUT2D eigenvalue weighted by atomic mass is 32.2. The number of pyridine rings is 1. The molecular weight excluding hydrogens is 240 g/mol. The Hall–Kier alpha value is -1.48. The molecule has 0 amide bonds. The lowest BCUT2D eigenvalue weighted by Crippen LogP contribution is -1.99. The van der Waals surface area contributed by atoms with Crippen molar-refractivity contribution in [3.05, 3.63) is 53.7 Å². The van der Waals surface area contributed by atoms with Gasteiger partial charge in [0.15, 0.2) is 0 Å². The van der Waals surface area contributed by atoms with Crippen LogP contribution in [0.1, 0.15) is 18.1 Å². The molecule has 1 heterocycles. The summed E-state index contributed by atoms with van der Waals surface area (Å²) >= 11 is 1.87. The van der Waals surface area contributed by atoms with Crippen molar-refractivity contribution in [3.63, 3.8) is 0 Å². The third-order valence-electron chi connectivity index (χ3n) is 2.67. The van der Waals surface area contributed by atoms with Crippen LogP contribution in [-0.4, -0.2) is 11.5 Å². The molecule has 0 aliphatic rings. The quantitative estimate of drug-likeness (QED) is 0.817. The molecule has 0 unspecified atom stereocenters. The highest BCUT2D eigenvalue weighted by Crippen LogP contribution is 2.26. The predicted molar refractivity (Wildman–Crippen MR) is 79.1 cm³/mol. The number of aromatic nitrogens is 1. The maximum absolute atomic E-state index is 4.28. The highest BCUT2D eigenvalue weighted by Gasteiger charge is 2.00. The first kappa shape index (κ1) is 13.0. The number of nitrogens with zero attached hydrogens (tertiary/aromatic N) is 1. The minimum Gasteiger partial charge on any atom is -0.370 e. The van der Waals surface area contributed by atoms with E-state index in [-0.39, 0.29) is 0 Å². The lowest BCUT2D eigenvalue weighted by Gasteiger charge is -2.07. The van der Waals surface area contributed by atoms with Crippen LogP contribution < -0.4 is 5.32 Å². The van der Waals surface area contributed by atoms with Crippen LogP contribution in [0.2, 0.25) is 0 Å². The Labute approximate surface area is 113 Å². The number of thioether (sulfide) groups is 1. The molecule has 0 radical (unpaired) electrons. The summed E-state index contributed by atoms with van der Waals surface area (Å²) in [5.41, 5.74) is 2.64. The average Bonchev–Trinajstić information content (AvgIpc) is 2.39. The molecule has 2 nitrogen and oxygen atoms in total. The van der Waals surface area contributed by atoms with Crippen molar-refractivity contribution in [3.8, 4) is 0 Å². The van der Waals surface area contributed by atoms with Crippen molar-refractivity contribution in [2.24, 2.45) is 0 Å². The number of rotatable bonds is 5. The number of nitrogens with one attached hydrogen (secondary N) is 1. The van der Waals surface area contributed by atoms with Crippen LogP contribution in [0.25, 0.3) is 0 Å². The molecular formula is C15H18N2S. The van der Waals surface area contributed by atoms with Gasteiger partial charge in [0, 0.05) is 23.4 Å². The van der Waals surface area contributed by atoms with E-state index in [1.54, 1.807) is 0 Å². The van der Waals surface area contributed by atoms with Crippen molar-refractivity contribution < 1.29 is 0 Å². The van der Waals surface area contributed by atoms with Gasteiger partial charge in [-0.2, -0.15) is 0 Å². The van der Waals surface area contributed by atoms with Crippen LogP contribution in [-0.2, 0) is 5.75 Å². The highest BCUT2D eigenvalue weighted by molar-refractivity contribution is 7.98. The van der Waals surface area contributed by atoms with Gasteiger partial charge in [-0.1, -0.05) is 18.2 Å². The lowest BCUT2D eigenvalue weighted by molar-refractivity contribution is 1.15. The Kier molecular flexibility index (Phi) is 4.65. The van der Waals surface area contributed by atoms with Crippen molar-refractivity contribution in [2.45, 2.75) is 24.5 Å². The first-order valence-electron chi connectivity index (χ1n) is 6.17. The summed E-state index contributed by atoms with van der Waals surface area (Å²) in [7, 11) is 0. The van der Waals surface area contributed by atoms with Gasteiger partial charge in [-0.25, -0.2) is 4.98 Å². The van der Waals surface area contributed by atoms with E-state index in [0.717, 1.165) is 18.1 Å². The van der Waals surface area contributed by atoms with Crippen LogP contribution in [0.4, 0.5) is 5.82 Å². The number of hydrogen-bond acceptors (Lipinski definition) is 3. The van der Waals surface area contributed by atoms with E-state index < -0.39 is 0 Å². The summed E-state index contributed by atoms with van der Waals surface area (Å²) in [4.78, 5) is 5.63.